The van der Waals surface area contributed by atoms with Gasteiger partial charge in [-0.15, -0.1) is 11.8 Å². The maximum absolute atomic E-state index is 12.1. The Bertz CT molecular complexity index is 730. The van der Waals surface area contributed by atoms with Crippen LogP contribution >= 0.6 is 23.4 Å². The lowest BCUT2D eigenvalue weighted by Gasteiger charge is -2.09. The number of benzene rings is 2. The first-order valence-electron chi connectivity index (χ1n) is 8.42. The van der Waals surface area contributed by atoms with Crippen LogP contribution in [0.15, 0.2) is 58.5 Å². The summed E-state index contributed by atoms with van der Waals surface area (Å²) >= 11 is 7.32. The predicted molar refractivity (Wildman–Crippen MR) is 109 cm³/mol. The molecule has 1 N–H and O–H groups in total. The number of rotatable bonds is 8. The SMILES string of the molecule is CC(C)COc1ccc(/C=N\NC(=O)[C@H](C)Sc2ccc(Cl)cc2)cc1. The van der Waals surface area contributed by atoms with Gasteiger partial charge in [-0.25, -0.2) is 5.43 Å². The first kappa shape index (κ1) is 20.3. The molecule has 0 aliphatic heterocycles. The van der Waals surface area contributed by atoms with Gasteiger partial charge in [-0.05, 0) is 66.9 Å². The molecule has 0 saturated carbocycles. The van der Waals surface area contributed by atoms with Crippen LogP contribution in [0.2, 0.25) is 5.02 Å². The molecule has 0 bridgehead atoms. The fourth-order valence-corrected chi connectivity index (χ4v) is 2.93. The smallest absolute Gasteiger partial charge is 0.253 e. The summed E-state index contributed by atoms with van der Waals surface area (Å²) in [6.45, 7) is 6.74. The highest BCUT2D eigenvalue weighted by Crippen LogP contribution is 2.24. The van der Waals surface area contributed by atoms with Crippen molar-refractivity contribution in [2.75, 3.05) is 6.61 Å². The zero-order chi connectivity index (χ0) is 18.9. The van der Waals surface area contributed by atoms with E-state index in [2.05, 4.69) is 24.4 Å². The van der Waals surface area contributed by atoms with Crippen molar-refractivity contribution in [1.29, 1.82) is 0 Å². The van der Waals surface area contributed by atoms with E-state index in [0.29, 0.717) is 17.5 Å². The molecule has 1 atom stereocenters. The molecule has 138 valence electrons. The normalized spacial score (nSPS) is 12.3. The molecule has 0 heterocycles. The number of amides is 1. The second kappa shape index (κ2) is 10.2. The highest BCUT2D eigenvalue weighted by Gasteiger charge is 2.13. The van der Waals surface area contributed by atoms with Crippen LogP contribution in [0.4, 0.5) is 0 Å². The molecule has 2 aromatic rings. The van der Waals surface area contributed by atoms with E-state index >= 15 is 0 Å². The average Bonchev–Trinajstić information content (AvgIpc) is 2.62. The largest absolute Gasteiger partial charge is 0.493 e. The van der Waals surface area contributed by atoms with Crippen LogP contribution in [0.25, 0.3) is 0 Å². The van der Waals surface area contributed by atoms with Gasteiger partial charge < -0.3 is 4.74 Å². The van der Waals surface area contributed by atoms with Crippen LogP contribution in [0.1, 0.15) is 26.3 Å². The van der Waals surface area contributed by atoms with Crippen molar-refractivity contribution in [2.24, 2.45) is 11.0 Å². The lowest BCUT2D eigenvalue weighted by Crippen LogP contribution is -2.26. The highest BCUT2D eigenvalue weighted by atomic mass is 35.5. The number of halogens is 1. The van der Waals surface area contributed by atoms with Crippen molar-refractivity contribution in [1.82, 2.24) is 5.43 Å². The zero-order valence-electron chi connectivity index (χ0n) is 15.1. The number of ether oxygens (including phenoxy) is 1. The van der Waals surface area contributed by atoms with Crippen LogP contribution in [0, 0.1) is 5.92 Å². The third-order valence-electron chi connectivity index (χ3n) is 3.35. The standard InChI is InChI=1S/C20H23ClN2O2S/c1-14(2)13-25-18-8-4-16(5-9-18)12-22-23-20(24)15(3)26-19-10-6-17(21)7-11-19/h4-12,14-15H,13H2,1-3H3,(H,23,24)/b22-12-/t15-/m0/s1. The van der Waals surface area contributed by atoms with Crippen molar-refractivity contribution in [3.63, 3.8) is 0 Å². The number of thioether (sulfide) groups is 1. The Morgan fingerprint density at radius 3 is 2.42 bits per heavy atom. The lowest BCUT2D eigenvalue weighted by molar-refractivity contribution is -0.120. The van der Waals surface area contributed by atoms with Gasteiger partial charge in [0.05, 0.1) is 18.1 Å². The molecular formula is C20H23ClN2O2S. The number of hydrogen-bond acceptors (Lipinski definition) is 4. The van der Waals surface area contributed by atoms with E-state index in [-0.39, 0.29) is 11.2 Å². The van der Waals surface area contributed by atoms with Gasteiger partial charge in [0.25, 0.3) is 5.91 Å². The van der Waals surface area contributed by atoms with E-state index in [4.69, 9.17) is 16.3 Å². The minimum absolute atomic E-state index is 0.155. The molecule has 0 radical (unpaired) electrons. The molecule has 0 aliphatic rings. The van der Waals surface area contributed by atoms with E-state index in [0.717, 1.165) is 16.2 Å². The van der Waals surface area contributed by atoms with Gasteiger partial charge in [0.15, 0.2) is 0 Å². The molecule has 4 nitrogen and oxygen atoms in total. The fraction of sp³-hybridized carbons (Fsp3) is 0.300. The molecule has 0 aromatic heterocycles. The van der Waals surface area contributed by atoms with E-state index in [9.17, 15) is 4.79 Å². The topological polar surface area (TPSA) is 50.7 Å². The summed E-state index contributed by atoms with van der Waals surface area (Å²) < 4.78 is 5.64. The monoisotopic (exact) mass is 390 g/mol. The molecule has 0 unspecified atom stereocenters. The lowest BCUT2D eigenvalue weighted by atomic mass is 10.2. The van der Waals surface area contributed by atoms with Gasteiger partial charge in [-0.2, -0.15) is 5.10 Å². The Balaban J connectivity index is 1.81. The molecular weight excluding hydrogens is 368 g/mol. The summed E-state index contributed by atoms with van der Waals surface area (Å²) in [4.78, 5) is 13.1. The number of carbonyl (C=O) groups is 1. The van der Waals surface area contributed by atoms with Crippen LogP contribution in [-0.4, -0.2) is 24.0 Å². The van der Waals surface area contributed by atoms with Crippen LogP contribution in [0.3, 0.4) is 0 Å². The Labute approximate surface area is 164 Å². The van der Waals surface area contributed by atoms with Gasteiger partial charge in [0.2, 0.25) is 0 Å². The van der Waals surface area contributed by atoms with Crippen LogP contribution in [-0.2, 0) is 4.79 Å². The molecule has 0 spiro atoms. The average molecular weight is 391 g/mol. The summed E-state index contributed by atoms with van der Waals surface area (Å²) in [5, 5.41) is 4.44. The number of hydrogen-bond donors (Lipinski definition) is 1. The van der Waals surface area contributed by atoms with E-state index in [1.807, 2.05) is 43.3 Å². The maximum Gasteiger partial charge on any atom is 0.253 e. The van der Waals surface area contributed by atoms with Gasteiger partial charge in [-0.1, -0.05) is 25.4 Å². The Morgan fingerprint density at radius 2 is 1.81 bits per heavy atom. The minimum Gasteiger partial charge on any atom is -0.493 e. The van der Waals surface area contributed by atoms with Crippen molar-refractivity contribution in [3.8, 4) is 5.75 Å². The summed E-state index contributed by atoms with van der Waals surface area (Å²) in [7, 11) is 0. The quantitative estimate of drug-likeness (QED) is 0.391. The number of carbonyl (C=O) groups excluding carboxylic acids is 1. The summed E-state index contributed by atoms with van der Waals surface area (Å²) in [6, 6.07) is 15.0. The molecule has 0 fully saturated rings. The molecule has 6 heteroatoms. The van der Waals surface area contributed by atoms with Crippen molar-refractivity contribution >= 4 is 35.5 Å². The van der Waals surface area contributed by atoms with Crippen molar-refractivity contribution < 1.29 is 9.53 Å². The highest BCUT2D eigenvalue weighted by molar-refractivity contribution is 8.00. The van der Waals surface area contributed by atoms with Crippen molar-refractivity contribution in [2.45, 2.75) is 30.9 Å². The van der Waals surface area contributed by atoms with Gasteiger partial charge in [0.1, 0.15) is 5.75 Å². The molecule has 2 rings (SSSR count). The summed E-state index contributed by atoms with van der Waals surface area (Å²) in [5.74, 6) is 1.16. The van der Waals surface area contributed by atoms with Gasteiger partial charge in [-0.3, -0.25) is 4.79 Å². The van der Waals surface area contributed by atoms with Crippen LogP contribution in [0.5, 0.6) is 5.75 Å². The maximum atomic E-state index is 12.1. The predicted octanol–water partition coefficient (Wildman–Crippen LogP) is 5.01. The molecule has 2 aromatic carbocycles. The van der Waals surface area contributed by atoms with E-state index < -0.39 is 0 Å². The molecule has 0 saturated heterocycles. The Hall–Kier alpha value is -1.98. The second-order valence-electron chi connectivity index (χ2n) is 6.22. The first-order valence-corrected chi connectivity index (χ1v) is 9.68. The van der Waals surface area contributed by atoms with E-state index in [1.165, 1.54) is 11.8 Å². The van der Waals surface area contributed by atoms with E-state index in [1.54, 1.807) is 18.3 Å². The molecule has 0 aliphatic carbocycles. The Kier molecular flexibility index (Phi) is 8.01. The third kappa shape index (κ3) is 7.10. The Morgan fingerprint density at radius 1 is 1.15 bits per heavy atom. The van der Waals surface area contributed by atoms with Crippen LogP contribution < -0.4 is 10.2 Å². The van der Waals surface area contributed by atoms with Gasteiger partial charge >= 0.3 is 0 Å². The zero-order valence-corrected chi connectivity index (χ0v) is 16.7. The summed E-state index contributed by atoms with van der Waals surface area (Å²) in [5.41, 5.74) is 3.46. The van der Waals surface area contributed by atoms with Crippen molar-refractivity contribution in [3.05, 3.63) is 59.1 Å². The molecule has 26 heavy (non-hydrogen) atoms. The number of hydrazone groups is 1. The third-order valence-corrected chi connectivity index (χ3v) is 4.71. The first-order chi connectivity index (χ1) is 12.4. The summed E-state index contributed by atoms with van der Waals surface area (Å²) in [6.07, 6.45) is 1.61. The fourth-order valence-electron chi connectivity index (χ4n) is 1.95. The van der Waals surface area contributed by atoms with Gasteiger partial charge in [0, 0.05) is 9.92 Å². The second-order valence-corrected chi connectivity index (χ2v) is 8.07. The molecule has 1 amide bonds. The number of nitrogens with zero attached hydrogens (tertiary/aromatic N) is 1. The number of nitrogens with one attached hydrogen (secondary N) is 1. The minimum atomic E-state index is -0.264.